The van der Waals surface area contributed by atoms with Crippen LogP contribution in [-0.4, -0.2) is 14.1 Å². The average Bonchev–Trinajstić information content (AvgIpc) is 2.81. The van der Waals surface area contributed by atoms with Crippen molar-refractivity contribution < 1.29 is 4.39 Å². The van der Waals surface area contributed by atoms with Crippen molar-refractivity contribution in [3.05, 3.63) is 52.0 Å². The second-order valence-electron chi connectivity index (χ2n) is 4.28. The van der Waals surface area contributed by atoms with Crippen molar-refractivity contribution in [2.75, 3.05) is 19.0 Å². The second-order valence-corrected chi connectivity index (χ2v) is 5.32. The van der Waals surface area contributed by atoms with Crippen LogP contribution in [0.1, 0.15) is 10.4 Å². The predicted molar refractivity (Wildman–Crippen MR) is 75.6 cm³/mol. The van der Waals surface area contributed by atoms with Crippen LogP contribution in [0.25, 0.3) is 0 Å². The molecule has 0 unspecified atom stereocenters. The molecule has 0 aliphatic heterocycles. The number of hydrogen-bond acceptors (Lipinski definition) is 3. The van der Waals surface area contributed by atoms with E-state index in [1.54, 1.807) is 23.5 Å². The third-order valence-corrected chi connectivity index (χ3v) is 3.60. The van der Waals surface area contributed by atoms with Crippen molar-refractivity contribution in [1.82, 2.24) is 5.32 Å². The fourth-order valence-corrected chi connectivity index (χ4v) is 2.64. The third-order valence-electron chi connectivity index (χ3n) is 2.74. The quantitative estimate of drug-likeness (QED) is 0.892. The predicted octanol–water partition coefficient (Wildman–Crippen LogP) is 3.24. The maximum atomic E-state index is 13.5. The molecule has 1 N–H and O–H groups in total. The molecule has 0 atom stereocenters. The van der Waals surface area contributed by atoms with Crippen LogP contribution in [0.2, 0.25) is 0 Å². The van der Waals surface area contributed by atoms with Crippen molar-refractivity contribution >= 4 is 17.0 Å². The molecule has 2 aromatic rings. The Morgan fingerprint density at radius 1 is 1.33 bits per heavy atom. The van der Waals surface area contributed by atoms with E-state index in [2.05, 4.69) is 21.7 Å². The minimum atomic E-state index is -0.184. The minimum Gasteiger partial charge on any atom is -0.369 e. The summed E-state index contributed by atoms with van der Waals surface area (Å²) in [5.41, 5.74) is 1.87. The van der Waals surface area contributed by atoms with Crippen LogP contribution in [-0.2, 0) is 13.1 Å². The minimum absolute atomic E-state index is 0.184. The Balaban J connectivity index is 2.16. The summed E-state index contributed by atoms with van der Waals surface area (Å²) in [5.74, 6) is -0.184. The van der Waals surface area contributed by atoms with Gasteiger partial charge in [0.1, 0.15) is 5.82 Å². The van der Waals surface area contributed by atoms with Crippen molar-refractivity contribution in [3.63, 3.8) is 0 Å². The Bertz CT molecular complexity index is 497. The van der Waals surface area contributed by atoms with Gasteiger partial charge in [-0.05, 0) is 42.3 Å². The first-order valence-corrected chi connectivity index (χ1v) is 6.74. The van der Waals surface area contributed by atoms with E-state index in [4.69, 9.17) is 0 Å². The summed E-state index contributed by atoms with van der Waals surface area (Å²) < 4.78 is 13.5. The molecular weight excluding hydrogens is 247 g/mol. The molecule has 1 aromatic carbocycles. The highest BCUT2D eigenvalue weighted by Gasteiger charge is 2.06. The Morgan fingerprint density at radius 2 is 2.17 bits per heavy atom. The molecule has 18 heavy (non-hydrogen) atoms. The Hall–Kier alpha value is -1.39. The second kappa shape index (κ2) is 5.98. The first-order chi connectivity index (χ1) is 8.69. The Labute approximate surface area is 111 Å². The number of benzene rings is 1. The summed E-state index contributed by atoms with van der Waals surface area (Å²) in [4.78, 5) is 3.34. The fraction of sp³-hybridized carbons (Fsp3) is 0.286. The van der Waals surface area contributed by atoms with E-state index in [0.717, 1.165) is 17.8 Å². The van der Waals surface area contributed by atoms with Crippen LogP contribution in [0.15, 0.2) is 35.7 Å². The number of nitrogens with one attached hydrogen (secondary N) is 1. The van der Waals surface area contributed by atoms with Crippen LogP contribution in [0.5, 0.6) is 0 Å². The number of rotatable bonds is 5. The van der Waals surface area contributed by atoms with Crippen LogP contribution >= 0.6 is 11.3 Å². The normalized spacial score (nSPS) is 10.6. The van der Waals surface area contributed by atoms with E-state index in [-0.39, 0.29) is 5.82 Å². The van der Waals surface area contributed by atoms with E-state index in [9.17, 15) is 4.39 Å². The number of nitrogens with zero attached hydrogens (tertiary/aromatic N) is 1. The van der Waals surface area contributed by atoms with Gasteiger partial charge in [0.2, 0.25) is 0 Å². The maximum Gasteiger partial charge on any atom is 0.125 e. The highest BCUT2D eigenvalue weighted by atomic mass is 32.1. The molecular formula is C14H17FN2S. The third kappa shape index (κ3) is 3.31. The largest absolute Gasteiger partial charge is 0.369 e. The standard InChI is InChI=1S/C14H17FN2S/c1-16-9-11-6-12(15)8-13(7-11)17(2)10-14-4-3-5-18-14/h3-8,16H,9-10H2,1-2H3. The Kier molecular flexibility index (Phi) is 4.33. The van der Waals surface area contributed by atoms with Crippen molar-refractivity contribution in [1.29, 1.82) is 0 Å². The van der Waals surface area contributed by atoms with Gasteiger partial charge in [0.15, 0.2) is 0 Å². The van der Waals surface area contributed by atoms with Gasteiger partial charge in [0.25, 0.3) is 0 Å². The highest BCUT2D eigenvalue weighted by Crippen LogP contribution is 2.21. The molecule has 0 amide bonds. The number of hydrogen-bond donors (Lipinski definition) is 1. The summed E-state index contributed by atoms with van der Waals surface area (Å²) >= 11 is 1.72. The molecule has 0 saturated carbocycles. The van der Waals surface area contributed by atoms with Gasteiger partial charge in [-0.15, -0.1) is 11.3 Å². The van der Waals surface area contributed by atoms with Gasteiger partial charge in [-0.1, -0.05) is 6.07 Å². The number of halogens is 1. The van der Waals surface area contributed by atoms with Crippen molar-refractivity contribution in [2.45, 2.75) is 13.1 Å². The SMILES string of the molecule is CNCc1cc(F)cc(N(C)Cc2cccs2)c1. The van der Waals surface area contributed by atoms with Crippen molar-refractivity contribution in [2.24, 2.45) is 0 Å². The molecule has 0 saturated heterocycles. The molecule has 0 bridgehead atoms. The molecule has 0 fully saturated rings. The lowest BCUT2D eigenvalue weighted by atomic mass is 10.2. The molecule has 2 rings (SSSR count). The van der Waals surface area contributed by atoms with Gasteiger partial charge < -0.3 is 10.2 Å². The molecule has 0 aliphatic rings. The molecule has 2 nitrogen and oxygen atoms in total. The van der Waals surface area contributed by atoms with Crippen LogP contribution < -0.4 is 10.2 Å². The summed E-state index contributed by atoms with van der Waals surface area (Å²) in [6.45, 7) is 1.48. The monoisotopic (exact) mass is 264 g/mol. The summed E-state index contributed by atoms with van der Waals surface area (Å²) in [5, 5.41) is 5.10. The number of thiophene rings is 1. The van der Waals surface area contributed by atoms with E-state index < -0.39 is 0 Å². The van der Waals surface area contributed by atoms with Gasteiger partial charge in [0.05, 0.1) is 6.54 Å². The lowest BCUT2D eigenvalue weighted by molar-refractivity contribution is 0.623. The maximum absolute atomic E-state index is 13.5. The molecule has 1 aromatic heterocycles. The summed E-state index contributed by atoms with van der Waals surface area (Å²) in [7, 11) is 3.84. The molecule has 0 aliphatic carbocycles. The topological polar surface area (TPSA) is 15.3 Å². The Morgan fingerprint density at radius 3 is 2.83 bits per heavy atom. The van der Waals surface area contributed by atoms with Gasteiger partial charge in [0, 0.05) is 24.2 Å². The summed E-state index contributed by atoms with van der Waals surface area (Å²) in [6.07, 6.45) is 0. The van der Waals surface area contributed by atoms with Gasteiger partial charge in [-0.2, -0.15) is 0 Å². The zero-order valence-electron chi connectivity index (χ0n) is 10.6. The molecule has 0 spiro atoms. The smallest absolute Gasteiger partial charge is 0.125 e. The first kappa shape index (κ1) is 13.1. The summed E-state index contributed by atoms with van der Waals surface area (Å²) in [6, 6.07) is 9.29. The highest BCUT2D eigenvalue weighted by molar-refractivity contribution is 7.09. The van der Waals surface area contributed by atoms with E-state index in [1.165, 1.54) is 4.88 Å². The fourth-order valence-electron chi connectivity index (χ4n) is 1.89. The van der Waals surface area contributed by atoms with Gasteiger partial charge in [-0.25, -0.2) is 4.39 Å². The molecule has 96 valence electrons. The number of anilines is 1. The van der Waals surface area contributed by atoms with E-state index >= 15 is 0 Å². The van der Waals surface area contributed by atoms with Gasteiger partial charge in [-0.3, -0.25) is 0 Å². The molecule has 0 radical (unpaired) electrons. The van der Waals surface area contributed by atoms with E-state index in [1.807, 2.05) is 26.2 Å². The van der Waals surface area contributed by atoms with Crippen molar-refractivity contribution in [3.8, 4) is 0 Å². The molecule has 4 heteroatoms. The van der Waals surface area contributed by atoms with Crippen LogP contribution in [0, 0.1) is 5.82 Å². The van der Waals surface area contributed by atoms with Gasteiger partial charge >= 0.3 is 0 Å². The lowest BCUT2D eigenvalue weighted by Gasteiger charge is -2.19. The lowest BCUT2D eigenvalue weighted by Crippen LogP contribution is -2.16. The molecule has 1 heterocycles. The first-order valence-electron chi connectivity index (χ1n) is 5.86. The van der Waals surface area contributed by atoms with E-state index in [0.29, 0.717) is 6.54 Å². The zero-order valence-corrected chi connectivity index (χ0v) is 11.4. The van der Waals surface area contributed by atoms with Crippen LogP contribution in [0.4, 0.5) is 10.1 Å². The zero-order chi connectivity index (χ0) is 13.0. The average molecular weight is 264 g/mol. The van der Waals surface area contributed by atoms with Crippen LogP contribution in [0.3, 0.4) is 0 Å².